The van der Waals surface area contributed by atoms with Crippen molar-refractivity contribution >= 4 is 17.7 Å². The molecule has 7 nitrogen and oxygen atoms in total. The Morgan fingerprint density at radius 1 is 1.03 bits per heavy atom. The lowest BCUT2D eigenvalue weighted by Crippen LogP contribution is -2.52. The maximum atomic E-state index is 13.0. The van der Waals surface area contributed by atoms with Crippen molar-refractivity contribution in [3.05, 3.63) is 46.3 Å². The van der Waals surface area contributed by atoms with Gasteiger partial charge in [-0.2, -0.15) is 0 Å². The van der Waals surface area contributed by atoms with E-state index in [2.05, 4.69) is 27.6 Å². The lowest BCUT2D eigenvalue weighted by atomic mass is 9.79. The molecule has 5 rings (SSSR count). The number of amides is 3. The largest absolute Gasteiger partial charge is 0.322 e. The van der Waals surface area contributed by atoms with Gasteiger partial charge < -0.3 is 15.1 Å². The zero-order valence-corrected chi connectivity index (χ0v) is 20.4. The van der Waals surface area contributed by atoms with Gasteiger partial charge >= 0.3 is 0 Å². The highest BCUT2D eigenvalue weighted by atomic mass is 16.2. The molecule has 1 saturated heterocycles. The Kier molecular flexibility index (Phi) is 7.19. The van der Waals surface area contributed by atoms with Gasteiger partial charge in [0, 0.05) is 36.5 Å². The Hall–Kier alpha value is -2.72. The number of imide groups is 1. The number of hydrogen-bond donors (Lipinski definition) is 2. The van der Waals surface area contributed by atoms with Gasteiger partial charge in [0.15, 0.2) is 0 Å². The highest BCUT2D eigenvalue weighted by Gasteiger charge is 2.39. The fraction of sp³-hybridized carbons (Fsp3) is 0.643. The van der Waals surface area contributed by atoms with Crippen LogP contribution in [0.4, 0.5) is 0 Å². The number of hydrogen-bond acceptors (Lipinski definition) is 4. The summed E-state index contributed by atoms with van der Waals surface area (Å²) < 4.78 is 0. The average molecular weight is 477 g/mol. The third-order valence-electron chi connectivity index (χ3n) is 8.64. The minimum atomic E-state index is -0.562. The standard InChI is InChI=1S/C28H36N4O3/c1-29-16-18-6-9-22(10-7-18)30-24-5-3-2-4-20(24)14-19-8-11-23-21(15-19)17-32(28(23)35)25-12-13-26(33)31-27(25)34/h8,11,15,18,20,22,24-25,30H,2-7,9-10,12-14,16-17H2,(H,31,33,34)/t18?,20-,22?,24+,25?/m1/s1. The minimum Gasteiger partial charge on any atom is -0.322 e. The maximum absolute atomic E-state index is 13.0. The number of nitrogens with zero attached hydrogens (tertiary/aromatic N) is 2. The summed E-state index contributed by atoms with van der Waals surface area (Å²) >= 11 is 0. The van der Waals surface area contributed by atoms with Crippen LogP contribution in [0.1, 0.15) is 85.7 Å². The van der Waals surface area contributed by atoms with E-state index in [-0.39, 0.29) is 24.1 Å². The number of nitrogens with one attached hydrogen (secondary N) is 2. The summed E-state index contributed by atoms with van der Waals surface area (Å²) in [6, 6.07) is 6.73. The van der Waals surface area contributed by atoms with Gasteiger partial charge in [-0.1, -0.05) is 25.0 Å². The van der Waals surface area contributed by atoms with E-state index in [4.69, 9.17) is 6.57 Å². The topological polar surface area (TPSA) is 82.9 Å². The van der Waals surface area contributed by atoms with Gasteiger partial charge in [0.1, 0.15) is 6.04 Å². The van der Waals surface area contributed by atoms with Crippen LogP contribution < -0.4 is 10.6 Å². The first-order valence-corrected chi connectivity index (χ1v) is 13.4. The van der Waals surface area contributed by atoms with Crippen LogP contribution in [-0.4, -0.2) is 47.3 Å². The van der Waals surface area contributed by atoms with Crippen molar-refractivity contribution in [3.8, 4) is 0 Å². The van der Waals surface area contributed by atoms with Gasteiger partial charge in [0.25, 0.3) is 5.91 Å². The molecule has 4 aliphatic rings. The van der Waals surface area contributed by atoms with E-state index in [9.17, 15) is 14.4 Å². The molecule has 7 heteroatoms. The van der Waals surface area contributed by atoms with Crippen molar-refractivity contribution in [2.24, 2.45) is 11.8 Å². The molecule has 2 heterocycles. The molecular formula is C28H36N4O3. The highest BCUT2D eigenvalue weighted by molar-refractivity contribution is 6.05. The molecule has 3 fully saturated rings. The number of rotatable bonds is 6. The molecule has 1 unspecified atom stereocenters. The molecule has 0 bridgehead atoms. The second kappa shape index (κ2) is 10.5. The minimum absolute atomic E-state index is 0.105. The van der Waals surface area contributed by atoms with Crippen LogP contribution in [-0.2, 0) is 22.6 Å². The Morgan fingerprint density at radius 3 is 2.60 bits per heavy atom. The van der Waals surface area contributed by atoms with Crippen LogP contribution in [0, 0.1) is 18.4 Å². The number of piperidine rings is 1. The molecule has 2 saturated carbocycles. The predicted molar refractivity (Wildman–Crippen MR) is 132 cm³/mol. The van der Waals surface area contributed by atoms with E-state index < -0.39 is 6.04 Å². The molecule has 1 aromatic rings. The molecule has 3 amide bonds. The lowest BCUT2D eigenvalue weighted by molar-refractivity contribution is -0.136. The second-order valence-electron chi connectivity index (χ2n) is 11.0. The molecule has 2 aliphatic carbocycles. The van der Waals surface area contributed by atoms with Gasteiger partial charge in [-0.3, -0.25) is 19.7 Å². The lowest BCUT2D eigenvalue weighted by Gasteiger charge is -2.37. The zero-order chi connectivity index (χ0) is 24.4. The first kappa shape index (κ1) is 24.0. The van der Waals surface area contributed by atoms with Gasteiger partial charge in [0.2, 0.25) is 18.4 Å². The Balaban J connectivity index is 1.21. The number of carbonyl (C=O) groups is 3. The monoisotopic (exact) mass is 476 g/mol. The smallest absolute Gasteiger partial charge is 0.255 e. The van der Waals surface area contributed by atoms with Crippen molar-refractivity contribution in [2.45, 2.75) is 95.3 Å². The van der Waals surface area contributed by atoms with E-state index in [1.807, 2.05) is 6.07 Å². The third-order valence-corrected chi connectivity index (χ3v) is 8.64. The van der Waals surface area contributed by atoms with E-state index in [0.29, 0.717) is 49.0 Å². The molecule has 0 spiro atoms. The zero-order valence-electron chi connectivity index (χ0n) is 20.4. The number of fused-ring (bicyclic) bond motifs is 1. The molecule has 186 valence electrons. The summed E-state index contributed by atoms with van der Waals surface area (Å²) in [5, 5.41) is 6.37. The molecule has 3 atom stereocenters. The number of carbonyl (C=O) groups excluding carboxylic acids is 3. The fourth-order valence-electron chi connectivity index (χ4n) is 6.67. The summed E-state index contributed by atoms with van der Waals surface area (Å²) in [5.41, 5.74) is 2.95. The van der Waals surface area contributed by atoms with Crippen LogP contribution >= 0.6 is 0 Å². The van der Waals surface area contributed by atoms with E-state index in [1.165, 1.54) is 56.9 Å². The quantitative estimate of drug-likeness (QED) is 0.485. The van der Waals surface area contributed by atoms with E-state index in [0.717, 1.165) is 12.0 Å². The van der Waals surface area contributed by atoms with Crippen molar-refractivity contribution < 1.29 is 14.4 Å². The van der Waals surface area contributed by atoms with E-state index >= 15 is 0 Å². The van der Waals surface area contributed by atoms with Crippen molar-refractivity contribution in [3.63, 3.8) is 0 Å². The van der Waals surface area contributed by atoms with Crippen molar-refractivity contribution in [1.82, 2.24) is 15.5 Å². The van der Waals surface area contributed by atoms with Crippen LogP contribution in [0.25, 0.3) is 4.85 Å². The van der Waals surface area contributed by atoms with Gasteiger partial charge in [-0.15, -0.1) is 0 Å². The Morgan fingerprint density at radius 2 is 1.83 bits per heavy atom. The van der Waals surface area contributed by atoms with Gasteiger partial charge in [-0.05, 0) is 74.5 Å². The average Bonchev–Trinajstić information content (AvgIpc) is 3.17. The van der Waals surface area contributed by atoms with Crippen molar-refractivity contribution in [1.29, 1.82) is 0 Å². The molecular weight excluding hydrogens is 440 g/mol. The van der Waals surface area contributed by atoms with Crippen LogP contribution in [0.3, 0.4) is 0 Å². The summed E-state index contributed by atoms with van der Waals surface area (Å²) in [4.78, 5) is 42.1. The van der Waals surface area contributed by atoms with Crippen LogP contribution in [0.5, 0.6) is 0 Å². The molecule has 2 aliphatic heterocycles. The summed E-state index contributed by atoms with van der Waals surface area (Å²) in [6.45, 7) is 8.24. The first-order chi connectivity index (χ1) is 17.0. The predicted octanol–water partition coefficient (Wildman–Crippen LogP) is 3.62. The summed E-state index contributed by atoms with van der Waals surface area (Å²) in [5.74, 6) is 0.450. The third kappa shape index (κ3) is 5.28. The summed E-state index contributed by atoms with van der Waals surface area (Å²) in [7, 11) is 0. The Bertz CT molecular complexity index is 1020. The summed E-state index contributed by atoms with van der Waals surface area (Å²) in [6.07, 6.45) is 11.4. The van der Waals surface area contributed by atoms with Gasteiger partial charge in [-0.25, -0.2) is 6.57 Å². The molecule has 0 radical (unpaired) electrons. The first-order valence-electron chi connectivity index (χ1n) is 13.4. The molecule has 1 aromatic carbocycles. The molecule has 2 N–H and O–H groups in total. The van der Waals surface area contributed by atoms with Crippen molar-refractivity contribution in [2.75, 3.05) is 6.54 Å². The van der Waals surface area contributed by atoms with Gasteiger partial charge in [0.05, 0.1) is 0 Å². The SMILES string of the molecule is [C-]#[N+]CC1CCC(N[C@H]2CCCC[C@@H]2Cc2ccc3c(c2)CN(C2CCC(=O)NC2=O)C3=O)CC1. The van der Waals surface area contributed by atoms with Crippen LogP contribution in [0.15, 0.2) is 18.2 Å². The molecule has 0 aromatic heterocycles. The second-order valence-corrected chi connectivity index (χ2v) is 11.0. The van der Waals surface area contributed by atoms with Crippen LogP contribution in [0.2, 0.25) is 0 Å². The highest BCUT2D eigenvalue weighted by Crippen LogP contribution is 2.33. The van der Waals surface area contributed by atoms with E-state index in [1.54, 1.807) is 4.90 Å². The normalized spacial score (nSPS) is 31.1. The molecule has 35 heavy (non-hydrogen) atoms. The maximum Gasteiger partial charge on any atom is 0.255 e. The fourth-order valence-corrected chi connectivity index (χ4v) is 6.67. The Labute approximate surface area is 207 Å². The number of benzene rings is 1.